The summed E-state index contributed by atoms with van der Waals surface area (Å²) in [5.41, 5.74) is 1.23. The summed E-state index contributed by atoms with van der Waals surface area (Å²) >= 11 is 0. The molecule has 1 N–H and O–H groups in total. The van der Waals surface area contributed by atoms with Crippen molar-refractivity contribution in [3.63, 3.8) is 0 Å². The number of hydrogen-bond acceptors (Lipinski definition) is 3. The van der Waals surface area contributed by atoms with E-state index < -0.39 is 0 Å². The largest absolute Gasteiger partial charge is 0.365 e. The first-order valence-electron chi connectivity index (χ1n) is 6.15. The van der Waals surface area contributed by atoms with E-state index in [4.69, 9.17) is 0 Å². The van der Waals surface area contributed by atoms with E-state index in [0.717, 1.165) is 36.6 Å². The van der Waals surface area contributed by atoms with Gasteiger partial charge in [-0.05, 0) is 33.1 Å². The molecule has 1 aromatic rings. The zero-order valence-corrected chi connectivity index (χ0v) is 11.1. The minimum absolute atomic E-state index is 0.131. The van der Waals surface area contributed by atoms with E-state index in [2.05, 4.69) is 49.0 Å². The van der Waals surface area contributed by atoms with Gasteiger partial charge in [0.25, 0.3) is 0 Å². The third kappa shape index (κ3) is 3.19. The fourth-order valence-electron chi connectivity index (χ4n) is 1.61. The molecule has 0 radical (unpaired) electrons. The van der Waals surface area contributed by atoms with E-state index in [1.54, 1.807) is 0 Å². The van der Waals surface area contributed by atoms with Crippen LogP contribution in [0.2, 0.25) is 0 Å². The topological polar surface area (TPSA) is 37.8 Å². The number of anilines is 1. The monoisotopic (exact) mass is 221 g/mol. The molecule has 0 aliphatic rings. The Labute approximate surface area is 98.7 Å². The van der Waals surface area contributed by atoms with E-state index in [-0.39, 0.29) is 5.54 Å². The summed E-state index contributed by atoms with van der Waals surface area (Å²) in [6.07, 6.45) is 3.13. The van der Waals surface area contributed by atoms with Crippen LogP contribution < -0.4 is 5.32 Å². The SMILES string of the molecule is CCc1cc(NC(C)(CC)CC)nc(C)n1. The summed E-state index contributed by atoms with van der Waals surface area (Å²) in [4.78, 5) is 8.82. The maximum Gasteiger partial charge on any atom is 0.130 e. The highest BCUT2D eigenvalue weighted by Gasteiger charge is 2.19. The zero-order chi connectivity index (χ0) is 12.2. The molecule has 0 saturated heterocycles. The van der Waals surface area contributed by atoms with Gasteiger partial charge in [0.15, 0.2) is 0 Å². The maximum absolute atomic E-state index is 4.44. The van der Waals surface area contributed by atoms with E-state index in [0.29, 0.717) is 0 Å². The van der Waals surface area contributed by atoms with Crippen LogP contribution in [0.15, 0.2) is 6.07 Å². The Morgan fingerprint density at radius 1 is 1.19 bits per heavy atom. The van der Waals surface area contributed by atoms with Crippen LogP contribution in [0.1, 0.15) is 52.1 Å². The lowest BCUT2D eigenvalue weighted by Gasteiger charge is -2.29. The van der Waals surface area contributed by atoms with Gasteiger partial charge in [-0.25, -0.2) is 9.97 Å². The van der Waals surface area contributed by atoms with Gasteiger partial charge in [0, 0.05) is 17.3 Å². The lowest BCUT2D eigenvalue weighted by molar-refractivity contribution is 0.476. The summed E-state index contributed by atoms with van der Waals surface area (Å²) in [7, 11) is 0. The predicted octanol–water partition coefficient (Wildman–Crippen LogP) is 3.34. The van der Waals surface area contributed by atoms with E-state index >= 15 is 0 Å². The average Bonchev–Trinajstić information content (AvgIpc) is 2.28. The van der Waals surface area contributed by atoms with Gasteiger partial charge in [-0.2, -0.15) is 0 Å². The quantitative estimate of drug-likeness (QED) is 0.828. The number of aromatic nitrogens is 2. The van der Waals surface area contributed by atoms with Crippen molar-refractivity contribution >= 4 is 5.82 Å². The fourth-order valence-corrected chi connectivity index (χ4v) is 1.61. The Balaban J connectivity index is 2.92. The molecule has 0 aliphatic heterocycles. The minimum Gasteiger partial charge on any atom is -0.365 e. The molecule has 0 saturated carbocycles. The smallest absolute Gasteiger partial charge is 0.130 e. The molecule has 0 spiro atoms. The van der Waals surface area contributed by atoms with Crippen LogP contribution in [-0.4, -0.2) is 15.5 Å². The number of aryl methyl sites for hydroxylation is 2. The van der Waals surface area contributed by atoms with Crippen molar-refractivity contribution in [3.05, 3.63) is 17.6 Å². The Morgan fingerprint density at radius 3 is 2.31 bits per heavy atom. The third-order valence-electron chi connectivity index (χ3n) is 3.24. The van der Waals surface area contributed by atoms with Crippen molar-refractivity contribution < 1.29 is 0 Å². The van der Waals surface area contributed by atoms with E-state index in [1.165, 1.54) is 0 Å². The number of hydrogen-bond donors (Lipinski definition) is 1. The highest BCUT2D eigenvalue weighted by Crippen LogP contribution is 2.20. The van der Waals surface area contributed by atoms with Gasteiger partial charge in [-0.15, -0.1) is 0 Å². The standard InChI is InChI=1S/C13H23N3/c1-6-11-9-12(15-10(4)14-11)16-13(5,7-2)8-3/h9H,6-8H2,1-5H3,(H,14,15,16). The lowest BCUT2D eigenvalue weighted by atomic mass is 9.95. The van der Waals surface area contributed by atoms with Gasteiger partial charge in [-0.3, -0.25) is 0 Å². The van der Waals surface area contributed by atoms with Crippen LogP contribution >= 0.6 is 0 Å². The third-order valence-corrected chi connectivity index (χ3v) is 3.24. The second kappa shape index (κ2) is 5.28. The number of nitrogens with zero attached hydrogens (tertiary/aromatic N) is 2. The van der Waals surface area contributed by atoms with Gasteiger partial charge in [0.2, 0.25) is 0 Å². The van der Waals surface area contributed by atoms with Gasteiger partial charge < -0.3 is 5.32 Å². The summed E-state index contributed by atoms with van der Waals surface area (Å²) in [5.74, 6) is 1.80. The van der Waals surface area contributed by atoms with Crippen LogP contribution in [0.25, 0.3) is 0 Å². The summed E-state index contributed by atoms with van der Waals surface area (Å²) < 4.78 is 0. The Morgan fingerprint density at radius 2 is 1.81 bits per heavy atom. The minimum atomic E-state index is 0.131. The first-order valence-corrected chi connectivity index (χ1v) is 6.15. The molecule has 1 aromatic heterocycles. The fraction of sp³-hybridized carbons (Fsp3) is 0.692. The molecule has 3 heteroatoms. The highest BCUT2D eigenvalue weighted by atomic mass is 15.1. The normalized spacial score (nSPS) is 11.6. The summed E-state index contributed by atoms with van der Waals surface area (Å²) in [5, 5.41) is 3.52. The van der Waals surface area contributed by atoms with Crippen LogP contribution in [-0.2, 0) is 6.42 Å². The van der Waals surface area contributed by atoms with Crippen LogP contribution in [0.3, 0.4) is 0 Å². The first-order chi connectivity index (χ1) is 7.53. The van der Waals surface area contributed by atoms with Crippen LogP contribution in [0.4, 0.5) is 5.82 Å². The molecular formula is C13H23N3. The molecule has 0 amide bonds. The molecule has 16 heavy (non-hydrogen) atoms. The van der Waals surface area contributed by atoms with Crippen molar-refractivity contribution in [2.45, 2.75) is 59.4 Å². The van der Waals surface area contributed by atoms with E-state index in [1.807, 2.05) is 6.92 Å². The second-order valence-corrected chi connectivity index (χ2v) is 4.54. The first kappa shape index (κ1) is 12.9. The average molecular weight is 221 g/mol. The second-order valence-electron chi connectivity index (χ2n) is 4.54. The Bertz CT molecular complexity index is 343. The molecule has 90 valence electrons. The van der Waals surface area contributed by atoms with Crippen molar-refractivity contribution in [1.29, 1.82) is 0 Å². The van der Waals surface area contributed by atoms with Gasteiger partial charge in [0.05, 0.1) is 0 Å². The Hall–Kier alpha value is -1.12. The van der Waals surface area contributed by atoms with Crippen molar-refractivity contribution in [2.75, 3.05) is 5.32 Å². The van der Waals surface area contributed by atoms with Gasteiger partial charge in [0.1, 0.15) is 11.6 Å². The molecule has 3 nitrogen and oxygen atoms in total. The van der Waals surface area contributed by atoms with Crippen LogP contribution in [0, 0.1) is 6.92 Å². The maximum atomic E-state index is 4.44. The van der Waals surface area contributed by atoms with Crippen molar-refractivity contribution in [1.82, 2.24) is 9.97 Å². The van der Waals surface area contributed by atoms with Gasteiger partial charge >= 0.3 is 0 Å². The number of rotatable bonds is 5. The molecule has 0 fully saturated rings. The molecule has 0 atom stereocenters. The summed E-state index contributed by atoms with van der Waals surface area (Å²) in [6.45, 7) is 10.7. The molecule has 0 aliphatic carbocycles. The van der Waals surface area contributed by atoms with Crippen molar-refractivity contribution in [2.24, 2.45) is 0 Å². The number of nitrogens with one attached hydrogen (secondary N) is 1. The highest BCUT2D eigenvalue weighted by molar-refractivity contribution is 5.38. The summed E-state index contributed by atoms with van der Waals surface area (Å²) in [6, 6.07) is 2.05. The zero-order valence-electron chi connectivity index (χ0n) is 11.1. The molecule has 0 unspecified atom stereocenters. The molecular weight excluding hydrogens is 198 g/mol. The lowest BCUT2D eigenvalue weighted by Crippen LogP contribution is -2.33. The van der Waals surface area contributed by atoms with Gasteiger partial charge in [-0.1, -0.05) is 20.8 Å². The Kier molecular flexibility index (Phi) is 4.27. The van der Waals surface area contributed by atoms with Crippen LogP contribution in [0.5, 0.6) is 0 Å². The van der Waals surface area contributed by atoms with Crippen molar-refractivity contribution in [3.8, 4) is 0 Å². The molecule has 0 aromatic carbocycles. The predicted molar refractivity (Wildman–Crippen MR) is 68.8 cm³/mol. The molecule has 1 heterocycles. The molecule has 1 rings (SSSR count). The van der Waals surface area contributed by atoms with E-state index in [9.17, 15) is 0 Å². The molecule has 0 bridgehead atoms.